The van der Waals surface area contributed by atoms with Crippen LogP contribution in [0.4, 0.5) is 0 Å². The SMILES string of the molecule is Cc1oc2ccccc2c1CNCC1(O)CCC(C)CC1. The van der Waals surface area contributed by atoms with Crippen molar-refractivity contribution in [2.45, 2.75) is 51.7 Å². The van der Waals surface area contributed by atoms with Gasteiger partial charge in [-0.2, -0.15) is 0 Å². The maximum Gasteiger partial charge on any atom is 0.134 e. The third-order valence-corrected chi connectivity index (χ3v) is 4.86. The van der Waals surface area contributed by atoms with Gasteiger partial charge in [0.15, 0.2) is 0 Å². The molecule has 114 valence electrons. The Hall–Kier alpha value is -1.32. The van der Waals surface area contributed by atoms with Crippen LogP contribution < -0.4 is 5.32 Å². The summed E-state index contributed by atoms with van der Waals surface area (Å²) in [4.78, 5) is 0. The van der Waals surface area contributed by atoms with E-state index in [9.17, 15) is 5.11 Å². The predicted molar refractivity (Wildman–Crippen MR) is 85.2 cm³/mol. The molecule has 0 saturated heterocycles. The molecule has 3 heteroatoms. The number of aryl methyl sites for hydroxylation is 1. The summed E-state index contributed by atoms with van der Waals surface area (Å²) in [6.45, 7) is 5.70. The lowest BCUT2D eigenvalue weighted by atomic mass is 9.79. The first-order valence-electron chi connectivity index (χ1n) is 7.97. The molecule has 1 fully saturated rings. The third kappa shape index (κ3) is 3.14. The van der Waals surface area contributed by atoms with E-state index in [1.165, 1.54) is 10.9 Å². The van der Waals surface area contributed by atoms with Crippen molar-refractivity contribution >= 4 is 11.0 Å². The van der Waals surface area contributed by atoms with Crippen molar-refractivity contribution in [2.24, 2.45) is 5.92 Å². The van der Waals surface area contributed by atoms with Crippen LogP contribution >= 0.6 is 0 Å². The van der Waals surface area contributed by atoms with Crippen LogP contribution in [0.5, 0.6) is 0 Å². The lowest BCUT2D eigenvalue weighted by Crippen LogP contribution is -2.43. The summed E-state index contributed by atoms with van der Waals surface area (Å²) in [7, 11) is 0. The van der Waals surface area contributed by atoms with Crippen LogP contribution in [0.3, 0.4) is 0 Å². The Morgan fingerprint density at radius 3 is 2.76 bits per heavy atom. The van der Waals surface area contributed by atoms with Crippen LogP contribution in [-0.4, -0.2) is 17.3 Å². The molecular formula is C18H25NO2. The van der Waals surface area contributed by atoms with E-state index < -0.39 is 5.60 Å². The van der Waals surface area contributed by atoms with Crippen LogP contribution in [0.15, 0.2) is 28.7 Å². The number of aliphatic hydroxyl groups is 1. The Kier molecular flexibility index (Phi) is 4.05. The number of hydrogen-bond acceptors (Lipinski definition) is 3. The Morgan fingerprint density at radius 2 is 2.00 bits per heavy atom. The molecule has 2 N–H and O–H groups in total. The second kappa shape index (κ2) is 5.82. The summed E-state index contributed by atoms with van der Waals surface area (Å²) in [5.41, 5.74) is 1.62. The lowest BCUT2D eigenvalue weighted by Gasteiger charge is -2.35. The molecule has 0 unspecified atom stereocenters. The zero-order valence-corrected chi connectivity index (χ0v) is 13.0. The van der Waals surface area contributed by atoms with Gasteiger partial charge in [0.25, 0.3) is 0 Å². The molecule has 1 saturated carbocycles. The van der Waals surface area contributed by atoms with Gasteiger partial charge in [0.05, 0.1) is 5.60 Å². The molecule has 0 aliphatic heterocycles. The summed E-state index contributed by atoms with van der Waals surface area (Å²) >= 11 is 0. The average molecular weight is 287 g/mol. The maximum atomic E-state index is 10.6. The number of hydrogen-bond donors (Lipinski definition) is 2. The topological polar surface area (TPSA) is 45.4 Å². The van der Waals surface area contributed by atoms with Crippen LogP contribution in [0, 0.1) is 12.8 Å². The van der Waals surface area contributed by atoms with Crippen LogP contribution in [0.25, 0.3) is 11.0 Å². The Morgan fingerprint density at radius 1 is 1.29 bits per heavy atom. The summed E-state index contributed by atoms with van der Waals surface area (Å²) in [6.07, 6.45) is 4.08. The highest BCUT2D eigenvalue weighted by atomic mass is 16.3. The molecule has 3 nitrogen and oxygen atoms in total. The fourth-order valence-electron chi connectivity index (χ4n) is 3.34. The highest BCUT2D eigenvalue weighted by molar-refractivity contribution is 5.82. The molecule has 21 heavy (non-hydrogen) atoms. The highest BCUT2D eigenvalue weighted by Crippen LogP contribution is 2.31. The van der Waals surface area contributed by atoms with Crippen molar-refractivity contribution in [1.82, 2.24) is 5.32 Å². The van der Waals surface area contributed by atoms with E-state index >= 15 is 0 Å². The Bertz CT molecular complexity index is 609. The van der Waals surface area contributed by atoms with Gasteiger partial charge in [-0.3, -0.25) is 0 Å². The normalized spacial score (nSPS) is 26.3. The molecule has 0 radical (unpaired) electrons. The number of benzene rings is 1. The molecule has 2 aromatic rings. The van der Waals surface area contributed by atoms with E-state index in [0.717, 1.165) is 49.5 Å². The lowest BCUT2D eigenvalue weighted by molar-refractivity contribution is -0.00630. The second-order valence-electron chi connectivity index (χ2n) is 6.64. The fourth-order valence-corrected chi connectivity index (χ4v) is 3.34. The van der Waals surface area contributed by atoms with E-state index in [4.69, 9.17) is 4.42 Å². The highest BCUT2D eigenvalue weighted by Gasteiger charge is 2.31. The van der Waals surface area contributed by atoms with Gasteiger partial charge < -0.3 is 14.8 Å². The smallest absolute Gasteiger partial charge is 0.134 e. The fraction of sp³-hybridized carbons (Fsp3) is 0.556. The second-order valence-corrected chi connectivity index (χ2v) is 6.64. The quantitative estimate of drug-likeness (QED) is 0.899. The minimum atomic E-state index is -0.528. The first-order chi connectivity index (χ1) is 10.1. The van der Waals surface area contributed by atoms with E-state index in [-0.39, 0.29) is 0 Å². The minimum Gasteiger partial charge on any atom is -0.461 e. The molecule has 3 rings (SSSR count). The van der Waals surface area contributed by atoms with Gasteiger partial charge in [-0.05, 0) is 44.6 Å². The molecule has 1 heterocycles. The number of nitrogens with one attached hydrogen (secondary N) is 1. The van der Waals surface area contributed by atoms with Gasteiger partial charge in [0.1, 0.15) is 11.3 Å². The van der Waals surface area contributed by atoms with Crippen LogP contribution in [0.1, 0.15) is 43.9 Å². The first kappa shape index (κ1) is 14.6. The van der Waals surface area contributed by atoms with E-state index in [2.05, 4.69) is 18.3 Å². The van der Waals surface area contributed by atoms with Crippen LogP contribution in [0.2, 0.25) is 0 Å². The zero-order valence-electron chi connectivity index (χ0n) is 13.0. The van der Waals surface area contributed by atoms with Gasteiger partial charge in [0.2, 0.25) is 0 Å². The summed E-state index contributed by atoms with van der Waals surface area (Å²) in [5, 5.41) is 15.2. The van der Waals surface area contributed by atoms with Gasteiger partial charge >= 0.3 is 0 Å². The van der Waals surface area contributed by atoms with Crippen molar-refractivity contribution < 1.29 is 9.52 Å². The average Bonchev–Trinajstić information content (AvgIpc) is 2.79. The number of furan rings is 1. The van der Waals surface area contributed by atoms with Crippen molar-refractivity contribution in [1.29, 1.82) is 0 Å². The van der Waals surface area contributed by atoms with E-state index in [1.807, 2.05) is 25.1 Å². The Balaban J connectivity index is 1.63. The van der Waals surface area contributed by atoms with Crippen molar-refractivity contribution in [3.05, 3.63) is 35.6 Å². The van der Waals surface area contributed by atoms with Crippen molar-refractivity contribution in [3.63, 3.8) is 0 Å². The number of rotatable bonds is 4. The van der Waals surface area contributed by atoms with Gasteiger partial charge in [-0.25, -0.2) is 0 Å². The van der Waals surface area contributed by atoms with E-state index in [0.29, 0.717) is 6.54 Å². The van der Waals surface area contributed by atoms with Crippen LogP contribution in [-0.2, 0) is 6.54 Å². The maximum absolute atomic E-state index is 10.6. The minimum absolute atomic E-state index is 0.528. The van der Waals surface area contributed by atoms with Gasteiger partial charge in [-0.15, -0.1) is 0 Å². The Labute approximate surface area is 126 Å². The summed E-state index contributed by atoms with van der Waals surface area (Å²) in [5.74, 6) is 1.72. The molecule has 0 bridgehead atoms. The zero-order chi connectivity index (χ0) is 14.9. The van der Waals surface area contributed by atoms with Gasteiger partial charge in [-0.1, -0.05) is 25.1 Å². The monoisotopic (exact) mass is 287 g/mol. The predicted octanol–water partition coefficient (Wildman–Crippen LogP) is 3.77. The largest absolute Gasteiger partial charge is 0.461 e. The summed E-state index contributed by atoms with van der Waals surface area (Å²) in [6, 6.07) is 8.13. The number of para-hydroxylation sites is 1. The van der Waals surface area contributed by atoms with Gasteiger partial charge in [0, 0.05) is 24.0 Å². The molecule has 1 aliphatic rings. The molecule has 1 aromatic heterocycles. The van der Waals surface area contributed by atoms with E-state index in [1.54, 1.807) is 0 Å². The standard InChI is InChI=1S/C18H25NO2/c1-13-7-9-18(20,10-8-13)12-19-11-16-14(2)21-17-6-4-3-5-15(16)17/h3-6,13,19-20H,7-12H2,1-2H3. The third-order valence-electron chi connectivity index (χ3n) is 4.86. The molecule has 1 aliphatic carbocycles. The molecule has 1 aromatic carbocycles. The number of fused-ring (bicyclic) bond motifs is 1. The van der Waals surface area contributed by atoms with Crippen molar-refractivity contribution in [3.8, 4) is 0 Å². The van der Waals surface area contributed by atoms with Crippen molar-refractivity contribution in [2.75, 3.05) is 6.54 Å². The molecular weight excluding hydrogens is 262 g/mol. The molecule has 0 atom stereocenters. The first-order valence-corrected chi connectivity index (χ1v) is 7.97. The summed E-state index contributed by atoms with van der Waals surface area (Å²) < 4.78 is 5.78. The molecule has 0 spiro atoms. The molecule has 0 amide bonds.